The molecule has 0 amide bonds. The van der Waals surface area contributed by atoms with Gasteiger partial charge in [0, 0.05) is 5.56 Å². The number of oxime groups is 2. The summed E-state index contributed by atoms with van der Waals surface area (Å²) in [6, 6.07) is 8.66. The van der Waals surface area contributed by atoms with E-state index in [1.165, 1.54) is 6.92 Å². The molecule has 0 aromatic heterocycles. The molecule has 0 saturated carbocycles. The SMILES string of the molecule is CCOC(=NO)ON=C(C)C(=O)c1ccccc1. The van der Waals surface area contributed by atoms with Crippen LogP contribution in [0.3, 0.4) is 0 Å². The van der Waals surface area contributed by atoms with E-state index in [-0.39, 0.29) is 18.1 Å². The molecule has 18 heavy (non-hydrogen) atoms. The molecule has 0 radical (unpaired) electrons. The standard InChI is InChI=1S/C12H14N2O4/c1-3-17-12(13-16)18-14-9(2)11(15)10-7-5-4-6-8-10/h4-8,16H,3H2,1-2H3. The van der Waals surface area contributed by atoms with Crippen LogP contribution in [0.4, 0.5) is 0 Å². The quantitative estimate of drug-likeness (QED) is 0.291. The van der Waals surface area contributed by atoms with Crippen LogP contribution in [0.15, 0.2) is 40.6 Å². The summed E-state index contributed by atoms with van der Waals surface area (Å²) in [7, 11) is 0. The Morgan fingerprint density at radius 1 is 1.33 bits per heavy atom. The van der Waals surface area contributed by atoms with Crippen LogP contribution in [0, 0.1) is 0 Å². The first-order valence-electron chi connectivity index (χ1n) is 5.35. The molecule has 0 saturated heterocycles. The Labute approximate surface area is 105 Å². The highest BCUT2D eigenvalue weighted by Gasteiger charge is 2.10. The normalized spacial score (nSPS) is 12.1. The van der Waals surface area contributed by atoms with Gasteiger partial charge >= 0.3 is 6.08 Å². The van der Waals surface area contributed by atoms with Crippen LogP contribution in [-0.4, -0.2) is 29.4 Å². The maximum absolute atomic E-state index is 11.8. The van der Waals surface area contributed by atoms with E-state index >= 15 is 0 Å². The molecule has 6 heteroatoms. The van der Waals surface area contributed by atoms with E-state index in [2.05, 4.69) is 15.1 Å². The fourth-order valence-electron chi connectivity index (χ4n) is 1.14. The number of hydrogen-bond acceptors (Lipinski definition) is 6. The number of Topliss-reactive ketones (excluding diaryl/α,β-unsaturated/α-hetero) is 1. The van der Waals surface area contributed by atoms with Crippen molar-refractivity contribution in [2.45, 2.75) is 13.8 Å². The van der Waals surface area contributed by atoms with E-state index in [1.807, 2.05) is 6.07 Å². The van der Waals surface area contributed by atoms with Crippen molar-refractivity contribution in [2.24, 2.45) is 10.3 Å². The molecule has 0 atom stereocenters. The van der Waals surface area contributed by atoms with Crippen molar-refractivity contribution in [3.05, 3.63) is 35.9 Å². The van der Waals surface area contributed by atoms with Gasteiger partial charge in [0.05, 0.1) is 6.61 Å². The van der Waals surface area contributed by atoms with E-state index in [0.29, 0.717) is 5.56 Å². The molecular formula is C12H14N2O4. The molecule has 0 spiro atoms. The molecule has 0 aliphatic carbocycles. The van der Waals surface area contributed by atoms with Gasteiger partial charge in [-0.2, -0.15) is 0 Å². The lowest BCUT2D eigenvalue weighted by atomic mass is 10.1. The molecule has 0 aliphatic rings. The minimum Gasteiger partial charge on any atom is -0.447 e. The number of carbonyl (C=O) groups excluding carboxylic acids is 1. The highest BCUT2D eigenvalue weighted by atomic mass is 16.8. The number of nitrogens with zero attached hydrogens (tertiary/aromatic N) is 2. The Morgan fingerprint density at radius 2 is 2.00 bits per heavy atom. The third-order valence-electron chi connectivity index (χ3n) is 1.97. The number of carbonyl (C=O) groups is 1. The second-order valence-electron chi connectivity index (χ2n) is 3.26. The maximum Gasteiger partial charge on any atom is 0.449 e. The van der Waals surface area contributed by atoms with Gasteiger partial charge in [0.25, 0.3) is 0 Å². The number of ether oxygens (including phenoxy) is 1. The third-order valence-corrected chi connectivity index (χ3v) is 1.97. The molecule has 0 bridgehead atoms. The first-order valence-corrected chi connectivity index (χ1v) is 5.35. The van der Waals surface area contributed by atoms with E-state index in [4.69, 9.17) is 9.94 Å². The Morgan fingerprint density at radius 3 is 2.56 bits per heavy atom. The Kier molecular flexibility index (Phi) is 5.37. The van der Waals surface area contributed by atoms with Crippen LogP contribution in [0.5, 0.6) is 0 Å². The van der Waals surface area contributed by atoms with Crippen LogP contribution in [0.25, 0.3) is 0 Å². The van der Waals surface area contributed by atoms with E-state index in [0.717, 1.165) is 0 Å². The lowest BCUT2D eigenvalue weighted by molar-refractivity contribution is 0.105. The van der Waals surface area contributed by atoms with Crippen molar-refractivity contribution >= 4 is 17.6 Å². The molecule has 0 heterocycles. The highest BCUT2D eigenvalue weighted by Crippen LogP contribution is 2.02. The zero-order valence-electron chi connectivity index (χ0n) is 10.2. The fourth-order valence-corrected chi connectivity index (χ4v) is 1.14. The summed E-state index contributed by atoms with van der Waals surface area (Å²) >= 11 is 0. The topological polar surface area (TPSA) is 80.5 Å². The molecule has 0 unspecified atom stereocenters. The predicted molar refractivity (Wildman–Crippen MR) is 65.8 cm³/mol. The molecule has 1 rings (SSSR count). The largest absolute Gasteiger partial charge is 0.449 e. The summed E-state index contributed by atoms with van der Waals surface area (Å²) in [6.07, 6.45) is -0.405. The van der Waals surface area contributed by atoms with Crippen molar-refractivity contribution in [3.8, 4) is 0 Å². The van der Waals surface area contributed by atoms with E-state index < -0.39 is 6.08 Å². The van der Waals surface area contributed by atoms with Crippen molar-refractivity contribution in [1.29, 1.82) is 0 Å². The van der Waals surface area contributed by atoms with Crippen LogP contribution in [-0.2, 0) is 9.57 Å². The second kappa shape index (κ2) is 7.05. The maximum atomic E-state index is 11.8. The van der Waals surface area contributed by atoms with Gasteiger partial charge in [-0.05, 0) is 19.0 Å². The van der Waals surface area contributed by atoms with Gasteiger partial charge in [0.2, 0.25) is 5.78 Å². The predicted octanol–water partition coefficient (Wildman–Crippen LogP) is 2.04. The van der Waals surface area contributed by atoms with Gasteiger partial charge in [-0.15, -0.1) is 0 Å². The molecule has 96 valence electrons. The molecule has 0 fully saturated rings. The van der Waals surface area contributed by atoms with Crippen molar-refractivity contribution in [2.75, 3.05) is 6.61 Å². The summed E-state index contributed by atoms with van der Waals surface area (Å²) in [4.78, 5) is 16.5. The van der Waals surface area contributed by atoms with Crippen molar-refractivity contribution in [3.63, 3.8) is 0 Å². The van der Waals surface area contributed by atoms with E-state index in [9.17, 15) is 4.79 Å². The minimum absolute atomic E-state index is 0.127. The summed E-state index contributed by atoms with van der Waals surface area (Å²) in [5.41, 5.74) is 0.628. The Bertz CT molecular complexity index is 454. The second-order valence-corrected chi connectivity index (χ2v) is 3.26. The summed E-state index contributed by atoms with van der Waals surface area (Å²) in [6.45, 7) is 3.46. The van der Waals surface area contributed by atoms with Crippen LogP contribution < -0.4 is 0 Å². The van der Waals surface area contributed by atoms with Crippen molar-refractivity contribution < 1.29 is 19.6 Å². The lowest BCUT2D eigenvalue weighted by Gasteiger charge is -2.02. The van der Waals surface area contributed by atoms with Crippen molar-refractivity contribution in [1.82, 2.24) is 0 Å². The molecule has 0 aliphatic heterocycles. The number of rotatable bonds is 4. The minimum atomic E-state index is -0.405. The van der Waals surface area contributed by atoms with Crippen LogP contribution >= 0.6 is 0 Å². The third kappa shape index (κ3) is 3.89. The summed E-state index contributed by atoms with van der Waals surface area (Å²) in [5, 5.41) is 14.8. The Balaban J connectivity index is 2.70. The van der Waals surface area contributed by atoms with Crippen LogP contribution in [0.2, 0.25) is 0 Å². The monoisotopic (exact) mass is 250 g/mol. The van der Waals surface area contributed by atoms with Crippen LogP contribution in [0.1, 0.15) is 24.2 Å². The highest BCUT2D eigenvalue weighted by molar-refractivity contribution is 6.45. The molecule has 1 N–H and O–H groups in total. The average molecular weight is 250 g/mol. The lowest BCUT2D eigenvalue weighted by Crippen LogP contribution is -2.13. The van der Waals surface area contributed by atoms with Gasteiger partial charge in [-0.25, -0.2) is 0 Å². The molecule has 1 aromatic rings. The average Bonchev–Trinajstić information content (AvgIpc) is 2.43. The van der Waals surface area contributed by atoms with Gasteiger partial charge in [0.15, 0.2) is 0 Å². The summed E-state index contributed by atoms with van der Waals surface area (Å²) in [5.74, 6) is -0.274. The van der Waals surface area contributed by atoms with Gasteiger partial charge < -0.3 is 9.94 Å². The molecule has 1 aromatic carbocycles. The Hall–Kier alpha value is -2.37. The van der Waals surface area contributed by atoms with E-state index in [1.54, 1.807) is 31.2 Å². The smallest absolute Gasteiger partial charge is 0.447 e. The zero-order chi connectivity index (χ0) is 13.4. The first-order chi connectivity index (χ1) is 8.69. The number of ketones is 1. The molecular weight excluding hydrogens is 236 g/mol. The number of hydrogen-bond donors (Lipinski definition) is 1. The summed E-state index contributed by atoms with van der Waals surface area (Å²) < 4.78 is 4.79. The van der Waals surface area contributed by atoms with Gasteiger partial charge in [-0.1, -0.05) is 35.5 Å². The van der Waals surface area contributed by atoms with Gasteiger partial charge in [0.1, 0.15) is 5.71 Å². The number of benzene rings is 1. The fraction of sp³-hybridized carbons (Fsp3) is 0.250. The molecule has 6 nitrogen and oxygen atoms in total. The van der Waals surface area contributed by atoms with Gasteiger partial charge in [-0.3, -0.25) is 9.63 Å². The zero-order valence-corrected chi connectivity index (χ0v) is 10.2. The first kappa shape index (κ1) is 13.7.